The summed E-state index contributed by atoms with van der Waals surface area (Å²) in [4.78, 5) is 24.1. The van der Waals surface area contributed by atoms with E-state index in [2.05, 4.69) is 17.8 Å². The average molecular weight is 326 g/mol. The Morgan fingerprint density at radius 3 is 2.38 bits per heavy atom. The average Bonchev–Trinajstić information content (AvgIpc) is 2.60. The van der Waals surface area contributed by atoms with E-state index in [1.807, 2.05) is 37.3 Å². The minimum absolute atomic E-state index is 0.125. The summed E-state index contributed by atoms with van der Waals surface area (Å²) in [5, 5.41) is 0. The second-order valence-electron chi connectivity index (χ2n) is 5.54. The molecule has 0 aliphatic heterocycles. The summed E-state index contributed by atoms with van der Waals surface area (Å²) in [5.41, 5.74) is 8.33. The van der Waals surface area contributed by atoms with Gasteiger partial charge in [-0.05, 0) is 37.1 Å². The van der Waals surface area contributed by atoms with Crippen LogP contribution in [0.4, 0.5) is 0 Å². The van der Waals surface area contributed by atoms with Crippen molar-refractivity contribution in [2.24, 2.45) is 0 Å². The van der Waals surface area contributed by atoms with Gasteiger partial charge >= 0.3 is 0 Å². The number of aryl methyl sites for hydroxylation is 2. The fourth-order valence-electron chi connectivity index (χ4n) is 2.35. The standard InChI is InChI=1S/C19H22N2O3/c1-4-14-6-8-15(9-7-14)19(23)21-20-18(22)12-16-11-13(2)5-10-17(16)24-3/h5-11H,4,12H2,1-3H3,(H,20,22)(H,21,23). The first-order chi connectivity index (χ1) is 11.5. The Morgan fingerprint density at radius 1 is 1.04 bits per heavy atom. The van der Waals surface area contributed by atoms with E-state index in [1.54, 1.807) is 19.2 Å². The first-order valence-corrected chi connectivity index (χ1v) is 7.85. The summed E-state index contributed by atoms with van der Waals surface area (Å²) in [7, 11) is 1.56. The van der Waals surface area contributed by atoms with Gasteiger partial charge in [-0.15, -0.1) is 0 Å². The summed E-state index contributed by atoms with van der Waals surface area (Å²) in [6, 6.07) is 12.9. The predicted octanol–water partition coefficient (Wildman–Crippen LogP) is 2.57. The van der Waals surface area contributed by atoms with Crippen LogP contribution in [0.1, 0.15) is 34.0 Å². The smallest absolute Gasteiger partial charge is 0.269 e. The number of hydrogen-bond acceptors (Lipinski definition) is 3. The van der Waals surface area contributed by atoms with Crippen molar-refractivity contribution < 1.29 is 14.3 Å². The first-order valence-electron chi connectivity index (χ1n) is 7.85. The molecule has 5 nitrogen and oxygen atoms in total. The van der Waals surface area contributed by atoms with Crippen molar-refractivity contribution in [3.05, 3.63) is 64.7 Å². The second-order valence-corrected chi connectivity index (χ2v) is 5.54. The lowest BCUT2D eigenvalue weighted by atomic mass is 10.1. The zero-order valence-corrected chi connectivity index (χ0v) is 14.2. The molecular formula is C19H22N2O3. The van der Waals surface area contributed by atoms with E-state index in [4.69, 9.17) is 4.74 Å². The maximum absolute atomic E-state index is 12.0. The Bertz CT molecular complexity index is 724. The van der Waals surface area contributed by atoms with E-state index < -0.39 is 0 Å². The van der Waals surface area contributed by atoms with Gasteiger partial charge in [0.05, 0.1) is 13.5 Å². The Hall–Kier alpha value is -2.82. The number of rotatable bonds is 5. The van der Waals surface area contributed by atoms with Gasteiger partial charge in [0.2, 0.25) is 5.91 Å². The third kappa shape index (κ3) is 4.59. The van der Waals surface area contributed by atoms with E-state index in [0.29, 0.717) is 11.3 Å². The van der Waals surface area contributed by atoms with Crippen LogP contribution in [0.2, 0.25) is 0 Å². The molecule has 0 aliphatic rings. The van der Waals surface area contributed by atoms with Gasteiger partial charge in [0.15, 0.2) is 0 Å². The van der Waals surface area contributed by atoms with E-state index in [-0.39, 0.29) is 18.2 Å². The lowest BCUT2D eigenvalue weighted by molar-refractivity contribution is -0.121. The number of carbonyl (C=O) groups excluding carboxylic acids is 2. The van der Waals surface area contributed by atoms with Crippen molar-refractivity contribution in [3.63, 3.8) is 0 Å². The molecule has 0 aliphatic carbocycles. The van der Waals surface area contributed by atoms with Crippen LogP contribution in [-0.4, -0.2) is 18.9 Å². The lowest BCUT2D eigenvalue weighted by Gasteiger charge is -2.11. The monoisotopic (exact) mass is 326 g/mol. The maximum Gasteiger partial charge on any atom is 0.269 e. The van der Waals surface area contributed by atoms with Gasteiger partial charge < -0.3 is 4.74 Å². The molecule has 0 radical (unpaired) electrons. The number of nitrogens with one attached hydrogen (secondary N) is 2. The van der Waals surface area contributed by atoms with Crippen molar-refractivity contribution in [1.82, 2.24) is 10.9 Å². The maximum atomic E-state index is 12.0. The molecule has 0 heterocycles. The highest BCUT2D eigenvalue weighted by atomic mass is 16.5. The summed E-state index contributed by atoms with van der Waals surface area (Å²) in [5.74, 6) is -0.00290. The third-order valence-corrected chi connectivity index (χ3v) is 3.73. The summed E-state index contributed by atoms with van der Waals surface area (Å²) in [6.07, 6.45) is 1.04. The second kappa shape index (κ2) is 8.15. The topological polar surface area (TPSA) is 67.4 Å². The largest absolute Gasteiger partial charge is 0.496 e. The van der Waals surface area contributed by atoms with E-state index in [9.17, 15) is 9.59 Å². The number of benzene rings is 2. The molecule has 0 atom stereocenters. The van der Waals surface area contributed by atoms with E-state index in [0.717, 1.165) is 23.1 Å². The van der Waals surface area contributed by atoms with Gasteiger partial charge in [-0.1, -0.05) is 36.8 Å². The minimum atomic E-state index is -0.345. The highest BCUT2D eigenvalue weighted by Crippen LogP contribution is 2.19. The van der Waals surface area contributed by atoms with E-state index >= 15 is 0 Å². The number of ether oxygens (including phenoxy) is 1. The number of hydrazine groups is 1. The van der Waals surface area contributed by atoms with Crippen LogP contribution in [0.25, 0.3) is 0 Å². The number of hydrogen-bond donors (Lipinski definition) is 2. The van der Waals surface area contributed by atoms with Crippen LogP contribution in [0, 0.1) is 6.92 Å². The van der Waals surface area contributed by atoms with Gasteiger partial charge in [0.25, 0.3) is 5.91 Å². The molecule has 0 bridgehead atoms. The molecule has 0 unspecified atom stereocenters. The quantitative estimate of drug-likeness (QED) is 0.830. The van der Waals surface area contributed by atoms with Crippen LogP contribution >= 0.6 is 0 Å². The summed E-state index contributed by atoms with van der Waals surface area (Å²) in [6.45, 7) is 4.00. The molecule has 2 rings (SSSR count). The highest BCUT2D eigenvalue weighted by molar-refractivity contribution is 5.95. The molecule has 0 fully saturated rings. The fourth-order valence-corrected chi connectivity index (χ4v) is 2.35. The Balaban J connectivity index is 1.93. The van der Waals surface area contributed by atoms with Gasteiger partial charge in [0, 0.05) is 11.1 Å². The van der Waals surface area contributed by atoms with Crippen LogP contribution in [0.15, 0.2) is 42.5 Å². The Labute approximate surface area is 142 Å². The Morgan fingerprint density at radius 2 is 1.75 bits per heavy atom. The highest BCUT2D eigenvalue weighted by Gasteiger charge is 2.11. The molecule has 2 amide bonds. The van der Waals surface area contributed by atoms with E-state index in [1.165, 1.54) is 0 Å². The molecule has 2 aromatic carbocycles. The minimum Gasteiger partial charge on any atom is -0.496 e. The van der Waals surface area contributed by atoms with Gasteiger partial charge in [-0.2, -0.15) is 0 Å². The van der Waals surface area contributed by atoms with Crippen molar-refractivity contribution in [2.75, 3.05) is 7.11 Å². The lowest BCUT2D eigenvalue weighted by Crippen LogP contribution is -2.42. The zero-order valence-electron chi connectivity index (χ0n) is 14.2. The molecule has 126 valence electrons. The molecule has 2 N–H and O–H groups in total. The van der Waals surface area contributed by atoms with Gasteiger partial charge in [0.1, 0.15) is 5.75 Å². The number of methoxy groups -OCH3 is 1. The molecule has 0 spiro atoms. The van der Waals surface area contributed by atoms with Crippen molar-refractivity contribution in [2.45, 2.75) is 26.7 Å². The normalized spacial score (nSPS) is 10.1. The molecule has 0 saturated heterocycles. The SMILES string of the molecule is CCc1ccc(C(=O)NNC(=O)Cc2cc(C)ccc2OC)cc1. The van der Waals surface area contributed by atoms with Crippen LogP contribution in [-0.2, 0) is 17.6 Å². The van der Waals surface area contributed by atoms with Crippen LogP contribution in [0.5, 0.6) is 5.75 Å². The molecular weight excluding hydrogens is 304 g/mol. The third-order valence-electron chi connectivity index (χ3n) is 3.73. The summed E-state index contributed by atoms with van der Waals surface area (Å²) < 4.78 is 5.25. The summed E-state index contributed by atoms with van der Waals surface area (Å²) >= 11 is 0. The van der Waals surface area contributed by atoms with Gasteiger partial charge in [-0.3, -0.25) is 20.4 Å². The molecule has 0 aromatic heterocycles. The predicted molar refractivity (Wildman–Crippen MR) is 92.9 cm³/mol. The molecule has 2 aromatic rings. The van der Waals surface area contributed by atoms with Crippen molar-refractivity contribution in [1.29, 1.82) is 0 Å². The first kappa shape index (κ1) is 17.5. The number of carbonyl (C=O) groups is 2. The molecule has 5 heteroatoms. The van der Waals surface area contributed by atoms with Crippen LogP contribution in [0.3, 0.4) is 0 Å². The van der Waals surface area contributed by atoms with Crippen molar-refractivity contribution >= 4 is 11.8 Å². The Kier molecular flexibility index (Phi) is 5.95. The van der Waals surface area contributed by atoms with Gasteiger partial charge in [-0.25, -0.2) is 0 Å². The number of amides is 2. The molecule has 24 heavy (non-hydrogen) atoms. The van der Waals surface area contributed by atoms with Crippen LogP contribution < -0.4 is 15.6 Å². The zero-order chi connectivity index (χ0) is 17.5. The fraction of sp³-hybridized carbons (Fsp3) is 0.263. The molecule has 0 saturated carbocycles. The van der Waals surface area contributed by atoms with Crippen molar-refractivity contribution in [3.8, 4) is 5.75 Å².